The molecular formula is C43H58N13O6S+. The number of fused-ring (bicyclic) bond motifs is 1. The molecule has 0 spiro atoms. The Bertz CT molecular complexity index is 2410. The summed E-state index contributed by atoms with van der Waals surface area (Å²) in [6.45, 7) is 8.15. The molecule has 0 unspecified atom stereocenters. The van der Waals surface area contributed by atoms with Gasteiger partial charge in [0.25, 0.3) is 0 Å². The average molecular weight is 885 g/mol. The van der Waals surface area contributed by atoms with Crippen molar-refractivity contribution in [2.24, 2.45) is 0 Å². The fourth-order valence-electron chi connectivity index (χ4n) is 6.41. The number of nitrogens with one attached hydrogen (secondary N) is 2. The van der Waals surface area contributed by atoms with Crippen LogP contribution in [0, 0.1) is 0 Å². The number of nitrogens with two attached hydrogens (primary N) is 1. The van der Waals surface area contributed by atoms with Crippen molar-refractivity contribution < 1.29 is 28.2 Å². The van der Waals surface area contributed by atoms with E-state index in [4.69, 9.17) is 24.7 Å². The maximum absolute atomic E-state index is 12.7. The van der Waals surface area contributed by atoms with Gasteiger partial charge in [-0.3, -0.25) is 9.36 Å². The van der Waals surface area contributed by atoms with Crippen LogP contribution in [-0.2, 0) is 45.2 Å². The van der Waals surface area contributed by atoms with Gasteiger partial charge in [-0.2, -0.15) is 9.97 Å². The minimum absolute atomic E-state index is 0.128. The summed E-state index contributed by atoms with van der Waals surface area (Å²) in [4.78, 5) is 37.6. The summed E-state index contributed by atoms with van der Waals surface area (Å²) in [6, 6.07) is 17.8. The molecule has 0 atom stereocenters. The predicted octanol–water partition coefficient (Wildman–Crippen LogP) is 4.27. The lowest BCUT2D eigenvalue weighted by molar-refractivity contribution is -0.903. The van der Waals surface area contributed by atoms with Crippen LogP contribution in [0.2, 0.25) is 0 Å². The number of aromatic amines is 1. The van der Waals surface area contributed by atoms with Crippen molar-refractivity contribution in [3.8, 4) is 6.01 Å². The second-order valence-electron chi connectivity index (χ2n) is 15.3. The number of carbonyl (C=O) groups is 1. The Morgan fingerprint density at radius 2 is 1.52 bits per heavy atom. The highest BCUT2D eigenvalue weighted by Crippen LogP contribution is 2.28. The molecule has 2 aromatic carbocycles. The fourth-order valence-corrected chi connectivity index (χ4v) is 7.35. The summed E-state index contributed by atoms with van der Waals surface area (Å²) in [5, 5.41) is 20.1. The minimum atomic E-state index is -0.379. The van der Waals surface area contributed by atoms with E-state index in [0.717, 1.165) is 64.4 Å². The molecular weight excluding hydrogens is 827 g/mol. The lowest BCUT2D eigenvalue weighted by Gasteiger charge is -2.28. The molecule has 0 saturated heterocycles. The molecule has 0 bridgehead atoms. The van der Waals surface area contributed by atoms with Crippen LogP contribution in [0.15, 0.2) is 82.8 Å². The molecule has 4 aromatic heterocycles. The number of amides is 1. The Labute approximate surface area is 370 Å². The van der Waals surface area contributed by atoms with Gasteiger partial charge in [0.1, 0.15) is 23.4 Å². The van der Waals surface area contributed by atoms with E-state index in [1.807, 2.05) is 71.6 Å². The zero-order chi connectivity index (χ0) is 44.3. The number of hydrogen-bond acceptors (Lipinski definition) is 14. The number of ether oxygens (including phenoxy) is 4. The quantitative estimate of drug-likeness (QED) is 0.0272. The average Bonchev–Trinajstić information content (AvgIpc) is 4.00. The first kappa shape index (κ1) is 46.6. The summed E-state index contributed by atoms with van der Waals surface area (Å²) in [6.07, 6.45) is 9.93. The second kappa shape index (κ2) is 24.1. The minimum Gasteiger partial charge on any atom is -0.463 e. The first-order valence-electron chi connectivity index (χ1n) is 21.1. The molecule has 4 N–H and O–H groups in total. The zero-order valence-electron chi connectivity index (χ0n) is 36.2. The monoisotopic (exact) mass is 884 g/mol. The highest BCUT2D eigenvalue weighted by Gasteiger charge is 2.19. The van der Waals surface area contributed by atoms with E-state index in [9.17, 15) is 9.59 Å². The van der Waals surface area contributed by atoms with Gasteiger partial charge in [-0.05, 0) is 30.2 Å². The lowest BCUT2D eigenvalue weighted by Crippen LogP contribution is -2.39. The van der Waals surface area contributed by atoms with Crippen LogP contribution in [0.25, 0.3) is 17.2 Å². The van der Waals surface area contributed by atoms with Gasteiger partial charge in [-0.15, -0.1) is 22.0 Å². The molecule has 20 heteroatoms. The second-order valence-corrected chi connectivity index (χ2v) is 16.5. The Morgan fingerprint density at radius 3 is 2.25 bits per heavy atom. The lowest BCUT2D eigenvalue weighted by atomic mass is 10.2. The maximum Gasteiger partial charge on any atom is 0.328 e. The first-order valence-corrected chi connectivity index (χ1v) is 22.1. The van der Waals surface area contributed by atoms with Crippen LogP contribution in [0.3, 0.4) is 0 Å². The normalized spacial score (nSPS) is 11.9. The standard InChI is InChI=1S/C43H57N13O6S/c1-4-5-21-62-42-47-40(44)39-41(48-42)55(43(58)46-39)31-34-29-53(51-49-34)18-22-59-24-26-61-27-25-60-23-19-54-30-35(50-52-54)32-56(2,3)20-11-28-63-37-15-10-9-14-36(37)45-38(57)17-16-33-12-7-6-8-13-33/h6-10,12-17,29-30H,4-5,11,18-28,31-32H2,1-3H3,(H3-,44,45,46,47,48,49,50,51,52,57,58)/p+1/b17-16+. The van der Waals surface area contributed by atoms with Crippen LogP contribution in [-0.4, -0.2) is 133 Å². The van der Waals surface area contributed by atoms with Gasteiger partial charge < -0.3 is 39.5 Å². The smallest absolute Gasteiger partial charge is 0.328 e. The van der Waals surface area contributed by atoms with E-state index in [1.54, 1.807) is 28.7 Å². The van der Waals surface area contributed by atoms with Gasteiger partial charge in [0.2, 0.25) is 5.91 Å². The Kier molecular flexibility index (Phi) is 17.8. The molecule has 1 amide bonds. The number of carbonyl (C=O) groups excluding carboxylic acids is 1. The van der Waals surface area contributed by atoms with Crippen molar-refractivity contribution in [2.75, 3.05) is 83.7 Å². The number of aromatic nitrogens is 10. The highest BCUT2D eigenvalue weighted by atomic mass is 32.2. The summed E-state index contributed by atoms with van der Waals surface area (Å²) in [5.41, 5.74) is 9.68. The number of thioether (sulfide) groups is 1. The van der Waals surface area contributed by atoms with Gasteiger partial charge in [0.05, 0.1) is 105 Å². The molecule has 63 heavy (non-hydrogen) atoms. The number of rotatable bonds is 28. The number of anilines is 2. The number of H-pyrrole nitrogens is 1. The number of hydrogen-bond donors (Lipinski definition) is 3. The first-order chi connectivity index (χ1) is 30.7. The molecule has 19 nitrogen and oxygen atoms in total. The molecule has 4 heterocycles. The van der Waals surface area contributed by atoms with E-state index < -0.39 is 0 Å². The van der Waals surface area contributed by atoms with Crippen molar-refractivity contribution in [1.82, 2.24) is 49.5 Å². The molecule has 0 radical (unpaired) electrons. The molecule has 0 aliphatic rings. The summed E-state index contributed by atoms with van der Waals surface area (Å²) >= 11 is 1.75. The maximum atomic E-state index is 12.7. The molecule has 0 aliphatic carbocycles. The zero-order valence-corrected chi connectivity index (χ0v) is 37.0. The summed E-state index contributed by atoms with van der Waals surface area (Å²) in [5.74, 6) is 0.911. The van der Waals surface area contributed by atoms with E-state index in [1.165, 1.54) is 4.57 Å². The van der Waals surface area contributed by atoms with Gasteiger partial charge >= 0.3 is 11.7 Å². The number of imidazole rings is 1. The van der Waals surface area contributed by atoms with Crippen molar-refractivity contribution in [3.05, 3.63) is 101 Å². The molecule has 6 aromatic rings. The summed E-state index contributed by atoms with van der Waals surface area (Å²) in [7, 11) is 4.40. The van der Waals surface area contributed by atoms with Gasteiger partial charge in [-0.1, -0.05) is 66.2 Å². The van der Waals surface area contributed by atoms with E-state index >= 15 is 0 Å². The number of unbranched alkanes of at least 4 members (excludes halogenated alkanes) is 1. The number of nitrogens with zero attached hydrogens (tertiary/aromatic N) is 10. The van der Waals surface area contributed by atoms with Crippen LogP contribution < -0.4 is 21.5 Å². The van der Waals surface area contributed by atoms with E-state index in [-0.39, 0.29) is 30.0 Å². The van der Waals surface area contributed by atoms with Crippen molar-refractivity contribution in [1.29, 1.82) is 0 Å². The number of nitrogen functional groups attached to an aromatic ring is 1. The SMILES string of the molecule is CCCCOc1nc(N)c2[nH]c(=O)n(Cc3cn(CCOCCOCCOCCn4cc(C[N+](C)(C)CCCSc5ccccc5NC(=O)/C=C/c5ccccc5)nn4)nn3)c2n1. The van der Waals surface area contributed by atoms with Gasteiger partial charge in [0, 0.05) is 23.1 Å². The molecule has 336 valence electrons. The van der Waals surface area contributed by atoms with Crippen LogP contribution >= 0.6 is 11.8 Å². The third-order valence-electron chi connectivity index (χ3n) is 9.65. The Morgan fingerprint density at radius 1 is 0.857 bits per heavy atom. The van der Waals surface area contributed by atoms with Crippen LogP contribution in [0.4, 0.5) is 11.5 Å². The van der Waals surface area contributed by atoms with Crippen LogP contribution in [0.1, 0.15) is 43.1 Å². The third kappa shape index (κ3) is 15.1. The number of benzene rings is 2. The molecule has 0 fully saturated rings. The highest BCUT2D eigenvalue weighted by molar-refractivity contribution is 7.99. The van der Waals surface area contributed by atoms with Gasteiger partial charge in [0.15, 0.2) is 11.5 Å². The summed E-state index contributed by atoms with van der Waals surface area (Å²) < 4.78 is 28.4. The van der Waals surface area contributed by atoms with E-state index in [0.29, 0.717) is 76.2 Å². The van der Waals surface area contributed by atoms with Crippen molar-refractivity contribution >= 4 is 46.4 Å². The number of para-hydroxylation sites is 1. The Hall–Kier alpha value is -5.93. The van der Waals surface area contributed by atoms with Gasteiger partial charge in [-0.25, -0.2) is 14.2 Å². The van der Waals surface area contributed by atoms with Crippen molar-refractivity contribution in [3.63, 3.8) is 0 Å². The van der Waals surface area contributed by atoms with E-state index in [2.05, 4.69) is 61.9 Å². The molecule has 0 aliphatic heterocycles. The Balaban J connectivity index is 0.791. The topological polar surface area (TPSA) is 217 Å². The molecule has 6 rings (SSSR count). The fraction of sp³-hybridized carbons (Fsp3) is 0.442. The molecule has 0 saturated carbocycles. The van der Waals surface area contributed by atoms with Crippen molar-refractivity contribution in [2.45, 2.75) is 57.3 Å². The largest absolute Gasteiger partial charge is 0.463 e. The third-order valence-corrected chi connectivity index (χ3v) is 10.8. The number of quaternary nitrogens is 1. The van der Waals surface area contributed by atoms with Crippen LogP contribution in [0.5, 0.6) is 6.01 Å². The predicted molar refractivity (Wildman–Crippen MR) is 241 cm³/mol.